The minimum absolute atomic E-state index is 0.105. The van der Waals surface area contributed by atoms with Crippen molar-refractivity contribution in [3.05, 3.63) is 28.8 Å². The molecule has 0 unspecified atom stereocenters. The fourth-order valence-electron chi connectivity index (χ4n) is 1.61. The molecule has 0 aromatic heterocycles. The van der Waals surface area contributed by atoms with Gasteiger partial charge in [-0.25, -0.2) is 0 Å². The van der Waals surface area contributed by atoms with Crippen LogP contribution in [0.2, 0.25) is 0 Å². The molecule has 0 spiro atoms. The summed E-state index contributed by atoms with van der Waals surface area (Å²) in [5.41, 5.74) is 13.6. The van der Waals surface area contributed by atoms with E-state index in [4.69, 9.17) is 11.5 Å². The van der Waals surface area contributed by atoms with Crippen LogP contribution < -0.4 is 11.5 Å². The zero-order valence-electron chi connectivity index (χ0n) is 10.3. The molecule has 92 valence electrons. The van der Waals surface area contributed by atoms with Crippen LogP contribution in [0.1, 0.15) is 21.5 Å². The second-order valence-corrected chi connectivity index (χ2v) is 4.15. The number of benzene rings is 1. The highest BCUT2D eigenvalue weighted by Gasteiger charge is 2.16. The standard InChI is InChI=1S/C12H17N3O2/c1-7-4-8(2)10(13)5-9(7)12(17)15(3)6-11(14)16/h4-5H,6,13H2,1-3H3,(H2,14,16). The van der Waals surface area contributed by atoms with E-state index in [1.54, 1.807) is 6.07 Å². The molecule has 0 aliphatic carbocycles. The molecule has 0 aliphatic rings. The van der Waals surface area contributed by atoms with E-state index in [1.165, 1.54) is 11.9 Å². The van der Waals surface area contributed by atoms with Crippen LogP contribution in [0.15, 0.2) is 12.1 Å². The molecule has 0 fully saturated rings. The Morgan fingerprint density at radius 2 is 1.82 bits per heavy atom. The first-order valence-electron chi connectivity index (χ1n) is 5.23. The summed E-state index contributed by atoms with van der Waals surface area (Å²) in [6.45, 7) is 3.60. The monoisotopic (exact) mass is 235 g/mol. The van der Waals surface area contributed by atoms with Gasteiger partial charge in [-0.3, -0.25) is 9.59 Å². The number of amides is 2. The Morgan fingerprint density at radius 1 is 1.24 bits per heavy atom. The van der Waals surface area contributed by atoms with Gasteiger partial charge in [0.2, 0.25) is 5.91 Å². The lowest BCUT2D eigenvalue weighted by molar-refractivity contribution is -0.118. The number of nitrogen functional groups attached to an aromatic ring is 1. The van der Waals surface area contributed by atoms with Gasteiger partial charge in [-0.1, -0.05) is 6.07 Å². The van der Waals surface area contributed by atoms with Gasteiger partial charge < -0.3 is 16.4 Å². The lowest BCUT2D eigenvalue weighted by Gasteiger charge is -2.17. The average molecular weight is 235 g/mol. The van der Waals surface area contributed by atoms with Gasteiger partial charge in [0.05, 0.1) is 6.54 Å². The minimum Gasteiger partial charge on any atom is -0.398 e. The highest BCUT2D eigenvalue weighted by molar-refractivity contribution is 5.98. The second-order valence-electron chi connectivity index (χ2n) is 4.15. The molecule has 0 heterocycles. The first kappa shape index (κ1) is 13.0. The van der Waals surface area contributed by atoms with E-state index < -0.39 is 5.91 Å². The van der Waals surface area contributed by atoms with E-state index in [2.05, 4.69) is 0 Å². The van der Waals surface area contributed by atoms with Crippen LogP contribution >= 0.6 is 0 Å². The van der Waals surface area contributed by atoms with E-state index >= 15 is 0 Å². The summed E-state index contributed by atoms with van der Waals surface area (Å²) in [6.07, 6.45) is 0. The lowest BCUT2D eigenvalue weighted by atomic mass is 10.0. The molecule has 2 amide bonds. The van der Waals surface area contributed by atoms with Crippen LogP contribution in [0, 0.1) is 13.8 Å². The molecule has 0 atom stereocenters. The normalized spacial score (nSPS) is 10.1. The number of primary amides is 1. The van der Waals surface area contributed by atoms with Crippen molar-refractivity contribution >= 4 is 17.5 Å². The molecule has 5 heteroatoms. The fraction of sp³-hybridized carbons (Fsp3) is 0.333. The summed E-state index contributed by atoms with van der Waals surface area (Å²) in [5, 5.41) is 0. The molecule has 0 saturated carbocycles. The zero-order valence-corrected chi connectivity index (χ0v) is 10.3. The highest BCUT2D eigenvalue weighted by atomic mass is 16.2. The van der Waals surface area contributed by atoms with Crippen LogP contribution in [-0.4, -0.2) is 30.3 Å². The van der Waals surface area contributed by atoms with Crippen molar-refractivity contribution in [2.75, 3.05) is 19.3 Å². The topological polar surface area (TPSA) is 89.4 Å². The van der Waals surface area contributed by atoms with Crippen molar-refractivity contribution in [2.24, 2.45) is 5.73 Å². The Kier molecular flexibility index (Phi) is 3.73. The van der Waals surface area contributed by atoms with E-state index in [1.807, 2.05) is 19.9 Å². The quantitative estimate of drug-likeness (QED) is 0.745. The molecule has 0 bridgehead atoms. The van der Waals surface area contributed by atoms with Crippen LogP contribution in [0.3, 0.4) is 0 Å². The Hall–Kier alpha value is -2.04. The van der Waals surface area contributed by atoms with Gasteiger partial charge in [0.25, 0.3) is 5.91 Å². The van der Waals surface area contributed by atoms with Crippen molar-refractivity contribution in [3.8, 4) is 0 Å². The number of hydrogen-bond donors (Lipinski definition) is 2. The Bertz CT molecular complexity index is 469. The van der Waals surface area contributed by atoms with E-state index in [9.17, 15) is 9.59 Å². The Balaban J connectivity index is 3.04. The Morgan fingerprint density at radius 3 is 2.35 bits per heavy atom. The summed E-state index contributed by atoms with van der Waals surface area (Å²) in [5.74, 6) is -0.799. The Labute approximate surface area is 100 Å². The predicted octanol–water partition coefficient (Wildman–Crippen LogP) is 0.443. The molecule has 0 aliphatic heterocycles. The number of hydrogen-bond acceptors (Lipinski definition) is 3. The van der Waals surface area contributed by atoms with Crippen molar-refractivity contribution < 1.29 is 9.59 Å². The van der Waals surface area contributed by atoms with Gasteiger partial charge >= 0.3 is 0 Å². The molecule has 0 saturated heterocycles. The van der Waals surface area contributed by atoms with Crippen molar-refractivity contribution in [1.29, 1.82) is 0 Å². The van der Waals surface area contributed by atoms with Crippen LogP contribution in [-0.2, 0) is 4.79 Å². The number of carbonyl (C=O) groups is 2. The molecule has 1 rings (SSSR count). The third-order valence-corrected chi connectivity index (χ3v) is 2.58. The summed E-state index contributed by atoms with van der Waals surface area (Å²) in [7, 11) is 1.53. The molecule has 1 aromatic rings. The minimum atomic E-state index is -0.543. The largest absolute Gasteiger partial charge is 0.398 e. The number of nitrogens with two attached hydrogens (primary N) is 2. The third kappa shape index (κ3) is 2.96. The van der Waals surface area contributed by atoms with Gasteiger partial charge in [0.15, 0.2) is 0 Å². The molecule has 17 heavy (non-hydrogen) atoms. The highest BCUT2D eigenvalue weighted by Crippen LogP contribution is 2.18. The van der Waals surface area contributed by atoms with Gasteiger partial charge in [-0.05, 0) is 31.0 Å². The van der Waals surface area contributed by atoms with Gasteiger partial charge in [0, 0.05) is 18.3 Å². The molecule has 0 radical (unpaired) electrons. The number of aryl methyl sites for hydroxylation is 2. The smallest absolute Gasteiger partial charge is 0.254 e. The number of likely N-dealkylation sites (N-methyl/N-ethyl adjacent to an activating group) is 1. The molecule has 5 nitrogen and oxygen atoms in total. The molecular formula is C12H17N3O2. The summed E-state index contributed by atoms with van der Waals surface area (Å²) in [4.78, 5) is 24.1. The van der Waals surface area contributed by atoms with Gasteiger partial charge in [0.1, 0.15) is 0 Å². The summed E-state index contributed by atoms with van der Waals surface area (Å²) < 4.78 is 0. The van der Waals surface area contributed by atoms with Crippen LogP contribution in [0.25, 0.3) is 0 Å². The van der Waals surface area contributed by atoms with Gasteiger partial charge in [-0.2, -0.15) is 0 Å². The summed E-state index contributed by atoms with van der Waals surface area (Å²) in [6, 6.07) is 3.48. The maximum Gasteiger partial charge on any atom is 0.254 e. The molecule has 4 N–H and O–H groups in total. The maximum absolute atomic E-state index is 12.0. The van der Waals surface area contributed by atoms with Crippen molar-refractivity contribution in [2.45, 2.75) is 13.8 Å². The maximum atomic E-state index is 12.0. The second kappa shape index (κ2) is 4.86. The number of nitrogens with zero attached hydrogens (tertiary/aromatic N) is 1. The SMILES string of the molecule is Cc1cc(C)c(C(=O)N(C)CC(N)=O)cc1N. The predicted molar refractivity (Wildman–Crippen MR) is 66.5 cm³/mol. The van der Waals surface area contributed by atoms with Gasteiger partial charge in [-0.15, -0.1) is 0 Å². The molecule has 1 aromatic carbocycles. The molecular weight excluding hydrogens is 218 g/mol. The fourth-order valence-corrected chi connectivity index (χ4v) is 1.61. The number of rotatable bonds is 3. The lowest BCUT2D eigenvalue weighted by Crippen LogP contribution is -2.35. The first-order chi connectivity index (χ1) is 7.82. The van der Waals surface area contributed by atoms with E-state index in [0.717, 1.165) is 11.1 Å². The first-order valence-corrected chi connectivity index (χ1v) is 5.23. The zero-order chi connectivity index (χ0) is 13.2. The summed E-state index contributed by atoms with van der Waals surface area (Å²) >= 11 is 0. The average Bonchev–Trinajstić information content (AvgIpc) is 2.21. The van der Waals surface area contributed by atoms with E-state index in [-0.39, 0.29) is 12.5 Å². The third-order valence-electron chi connectivity index (χ3n) is 2.58. The van der Waals surface area contributed by atoms with Crippen molar-refractivity contribution in [3.63, 3.8) is 0 Å². The number of anilines is 1. The van der Waals surface area contributed by atoms with E-state index in [0.29, 0.717) is 11.3 Å². The number of carbonyl (C=O) groups excluding carboxylic acids is 2. The van der Waals surface area contributed by atoms with Crippen LogP contribution in [0.4, 0.5) is 5.69 Å². The van der Waals surface area contributed by atoms with Crippen LogP contribution in [0.5, 0.6) is 0 Å². The van der Waals surface area contributed by atoms with Crippen molar-refractivity contribution in [1.82, 2.24) is 4.90 Å².